The Morgan fingerprint density at radius 3 is 2.50 bits per heavy atom. The van der Waals surface area contributed by atoms with Gasteiger partial charge in [0.25, 0.3) is 0 Å². The molecule has 102 valence electrons. The van der Waals surface area contributed by atoms with E-state index >= 15 is 0 Å². The summed E-state index contributed by atoms with van der Waals surface area (Å²) in [6.07, 6.45) is -2.56. The van der Waals surface area contributed by atoms with E-state index in [0.29, 0.717) is 0 Å². The fourth-order valence-corrected chi connectivity index (χ4v) is 1.68. The highest BCUT2D eigenvalue weighted by molar-refractivity contribution is 5.35. The molecule has 0 radical (unpaired) electrons. The molecule has 0 heterocycles. The smallest absolute Gasteiger partial charge is 0.419 e. The van der Waals surface area contributed by atoms with E-state index < -0.39 is 11.7 Å². The van der Waals surface area contributed by atoms with Crippen LogP contribution in [0.3, 0.4) is 0 Å². The maximum Gasteiger partial charge on any atom is 0.419 e. The third-order valence-electron chi connectivity index (χ3n) is 2.68. The largest absolute Gasteiger partial charge is 0.491 e. The van der Waals surface area contributed by atoms with Crippen LogP contribution in [-0.4, -0.2) is 19.7 Å². The van der Waals surface area contributed by atoms with E-state index in [0.717, 1.165) is 18.9 Å². The van der Waals surface area contributed by atoms with Gasteiger partial charge >= 0.3 is 6.18 Å². The van der Waals surface area contributed by atoms with E-state index in [1.54, 1.807) is 13.1 Å². The van der Waals surface area contributed by atoms with Crippen LogP contribution in [0.25, 0.3) is 0 Å². The molecule has 1 aromatic rings. The van der Waals surface area contributed by atoms with Crippen LogP contribution in [0.1, 0.15) is 25.3 Å². The van der Waals surface area contributed by atoms with Crippen LogP contribution < -0.4 is 10.1 Å². The van der Waals surface area contributed by atoms with E-state index in [4.69, 9.17) is 4.74 Å². The van der Waals surface area contributed by atoms with Gasteiger partial charge < -0.3 is 10.1 Å². The van der Waals surface area contributed by atoms with Gasteiger partial charge in [-0.15, -0.1) is 0 Å². The summed E-state index contributed by atoms with van der Waals surface area (Å²) < 4.78 is 43.4. The van der Waals surface area contributed by atoms with Gasteiger partial charge in [-0.3, -0.25) is 0 Å². The lowest BCUT2D eigenvalue weighted by Gasteiger charge is -2.18. The van der Waals surface area contributed by atoms with Gasteiger partial charge in [0.1, 0.15) is 12.4 Å². The summed E-state index contributed by atoms with van der Waals surface area (Å²) in [5.41, 5.74) is -0.726. The molecule has 0 spiro atoms. The third kappa shape index (κ3) is 4.22. The number of nitrogens with one attached hydrogen (secondary N) is 1. The van der Waals surface area contributed by atoms with E-state index in [1.807, 2.05) is 6.92 Å². The molecular weight excluding hydrogens is 243 g/mol. The van der Waals surface area contributed by atoms with Crippen LogP contribution in [-0.2, 0) is 6.18 Å². The van der Waals surface area contributed by atoms with Crippen molar-refractivity contribution in [3.8, 4) is 5.75 Å². The van der Waals surface area contributed by atoms with E-state index in [1.165, 1.54) is 12.1 Å². The summed E-state index contributed by atoms with van der Waals surface area (Å²) in [6.45, 7) is 2.26. The number of benzene rings is 1. The molecule has 0 saturated carbocycles. The Hall–Kier alpha value is -1.23. The molecule has 1 rings (SSSR count). The maximum absolute atomic E-state index is 12.7. The highest BCUT2D eigenvalue weighted by Gasteiger charge is 2.34. The van der Waals surface area contributed by atoms with Crippen LogP contribution in [0, 0.1) is 0 Å². The third-order valence-corrected chi connectivity index (χ3v) is 2.68. The Morgan fingerprint density at radius 2 is 1.94 bits per heavy atom. The Kier molecular flexibility index (Phi) is 5.47. The van der Waals surface area contributed by atoms with Crippen LogP contribution in [0.2, 0.25) is 0 Å². The van der Waals surface area contributed by atoms with Crippen molar-refractivity contribution in [3.63, 3.8) is 0 Å². The Bertz CT molecular complexity index is 365. The van der Waals surface area contributed by atoms with Crippen molar-refractivity contribution in [1.82, 2.24) is 5.32 Å². The topological polar surface area (TPSA) is 21.3 Å². The Labute approximate surface area is 105 Å². The average Bonchev–Trinajstić information content (AvgIpc) is 2.33. The predicted molar refractivity (Wildman–Crippen MR) is 64.7 cm³/mol. The van der Waals surface area contributed by atoms with Gasteiger partial charge in [0, 0.05) is 6.04 Å². The van der Waals surface area contributed by atoms with Gasteiger partial charge in [0.15, 0.2) is 0 Å². The molecule has 0 aliphatic carbocycles. The number of halogens is 3. The first-order chi connectivity index (χ1) is 8.49. The van der Waals surface area contributed by atoms with Gasteiger partial charge in [-0.05, 0) is 25.6 Å². The quantitative estimate of drug-likeness (QED) is 0.846. The van der Waals surface area contributed by atoms with Gasteiger partial charge in [-0.25, -0.2) is 0 Å². The average molecular weight is 261 g/mol. The second kappa shape index (κ2) is 6.64. The van der Waals surface area contributed by atoms with Crippen molar-refractivity contribution in [2.24, 2.45) is 0 Å². The Morgan fingerprint density at radius 1 is 1.28 bits per heavy atom. The summed E-state index contributed by atoms with van der Waals surface area (Å²) in [5.74, 6) is -0.110. The van der Waals surface area contributed by atoms with Gasteiger partial charge in [-0.2, -0.15) is 13.2 Å². The zero-order valence-corrected chi connectivity index (χ0v) is 10.6. The summed E-state index contributed by atoms with van der Waals surface area (Å²) in [4.78, 5) is 0. The summed E-state index contributed by atoms with van der Waals surface area (Å²) in [5, 5.41) is 3.03. The lowest BCUT2D eigenvalue weighted by Crippen LogP contribution is -2.31. The fourth-order valence-electron chi connectivity index (χ4n) is 1.68. The zero-order valence-electron chi connectivity index (χ0n) is 10.6. The SMILES string of the molecule is CCCC(COc1ccccc1C(F)(F)F)NC. The molecule has 0 amide bonds. The molecule has 0 aliphatic rings. The lowest BCUT2D eigenvalue weighted by atomic mass is 10.1. The summed E-state index contributed by atoms with van der Waals surface area (Å²) >= 11 is 0. The highest BCUT2D eigenvalue weighted by atomic mass is 19.4. The number of alkyl halides is 3. The molecule has 1 atom stereocenters. The van der Waals surface area contributed by atoms with Gasteiger partial charge in [0.05, 0.1) is 5.56 Å². The van der Waals surface area contributed by atoms with Crippen LogP contribution >= 0.6 is 0 Å². The molecule has 5 heteroatoms. The monoisotopic (exact) mass is 261 g/mol. The Balaban J connectivity index is 2.73. The summed E-state index contributed by atoms with van der Waals surface area (Å²) in [6, 6.07) is 5.34. The molecule has 1 aromatic carbocycles. The molecule has 0 bridgehead atoms. The molecule has 0 aliphatic heterocycles. The van der Waals surface area contributed by atoms with E-state index in [9.17, 15) is 13.2 Å². The molecule has 2 nitrogen and oxygen atoms in total. The zero-order chi connectivity index (χ0) is 13.6. The van der Waals surface area contributed by atoms with Crippen molar-refractivity contribution >= 4 is 0 Å². The first kappa shape index (κ1) is 14.8. The van der Waals surface area contributed by atoms with Crippen LogP contribution in [0.4, 0.5) is 13.2 Å². The van der Waals surface area contributed by atoms with Crippen molar-refractivity contribution < 1.29 is 17.9 Å². The predicted octanol–water partition coefficient (Wildman–Crippen LogP) is 3.47. The molecular formula is C13H18F3NO. The van der Waals surface area contributed by atoms with Crippen molar-refractivity contribution in [3.05, 3.63) is 29.8 Å². The standard InChI is InChI=1S/C13H18F3NO/c1-3-6-10(17-2)9-18-12-8-5-4-7-11(12)13(14,15)16/h4-5,7-8,10,17H,3,6,9H2,1-2H3. The fraction of sp³-hybridized carbons (Fsp3) is 0.538. The first-order valence-electron chi connectivity index (χ1n) is 5.95. The molecule has 1 N–H and O–H groups in total. The number of likely N-dealkylation sites (N-methyl/N-ethyl adjacent to an activating group) is 1. The molecule has 0 fully saturated rings. The van der Waals surface area contributed by atoms with Crippen molar-refractivity contribution in [2.75, 3.05) is 13.7 Å². The summed E-state index contributed by atoms with van der Waals surface area (Å²) in [7, 11) is 1.78. The van der Waals surface area contributed by atoms with Gasteiger partial charge in [-0.1, -0.05) is 25.5 Å². The highest BCUT2D eigenvalue weighted by Crippen LogP contribution is 2.35. The van der Waals surface area contributed by atoms with E-state index in [-0.39, 0.29) is 18.4 Å². The van der Waals surface area contributed by atoms with Crippen molar-refractivity contribution in [1.29, 1.82) is 0 Å². The van der Waals surface area contributed by atoms with Crippen LogP contribution in [0.15, 0.2) is 24.3 Å². The number of rotatable bonds is 6. The minimum atomic E-state index is -4.38. The molecule has 0 saturated heterocycles. The molecule has 18 heavy (non-hydrogen) atoms. The second-order valence-electron chi connectivity index (χ2n) is 4.08. The molecule has 0 aromatic heterocycles. The number of para-hydroxylation sites is 1. The van der Waals surface area contributed by atoms with E-state index in [2.05, 4.69) is 5.32 Å². The minimum absolute atomic E-state index is 0.0660. The van der Waals surface area contributed by atoms with Crippen molar-refractivity contribution in [2.45, 2.75) is 32.0 Å². The lowest BCUT2D eigenvalue weighted by molar-refractivity contribution is -0.139. The second-order valence-corrected chi connectivity index (χ2v) is 4.08. The number of ether oxygens (including phenoxy) is 1. The maximum atomic E-state index is 12.7. The number of hydrogen-bond donors (Lipinski definition) is 1. The molecule has 1 unspecified atom stereocenters. The first-order valence-corrected chi connectivity index (χ1v) is 5.95. The number of hydrogen-bond acceptors (Lipinski definition) is 2. The normalized spacial score (nSPS) is 13.4. The van der Waals surface area contributed by atoms with Gasteiger partial charge in [0.2, 0.25) is 0 Å². The minimum Gasteiger partial charge on any atom is -0.491 e. The van der Waals surface area contributed by atoms with Crippen LogP contribution in [0.5, 0.6) is 5.75 Å².